The lowest BCUT2D eigenvalue weighted by Gasteiger charge is -2.23. The van der Waals surface area contributed by atoms with E-state index in [0.29, 0.717) is 18.1 Å². The van der Waals surface area contributed by atoms with Crippen molar-refractivity contribution < 1.29 is 9.63 Å². The minimum absolute atomic E-state index is 0.0176. The van der Waals surface area contributed by atoms with Crippen molar-refractivity contribution in [1.82, 2.24) is 10.1 Å². The molecule has 0 bridgehead atoms. The third-order valence-corrected chi connectivity index (χ3v) is 2.02. The van der Waals surface area contributed by atoms with Crippen LogP contribution in [0.5, 0.6) is 0 Å². The van der Waals surface area contributed by atoms with E-state index < -0.39 is 0 Å². The van der Waals surface area contributed by atoms with Gasteiger partial charge in [0.1, 0.15) is 0 Å². The minimum Gasteiger partial charge on any atom is -0.396 e. The fraction of sp³-hybridized carbons (Fsp3) is 0.778. The summed E-state index contributed by atoms with van der Waals surface area (Å²) in [6.45, 7) is 6.04. The fourth-order valence-electron chi connectivity index (χ4n) is 0.966. The summed E-state index contributed by atoms with van der Waals surface area (Å²) in [5.74, 6) is 0.933. The summed E-state index contributed by atoms with van der Waals surface area (Å²) < 4.78 is 5.01. The van der Waals surface area contributed by atoms with E-state index in [9.17, 15) is 0 Å². The summed E-state index contributed by atoms with van der Waals surface area (Å²) >= 11 is 0. The molecule has 3 N–H and O–H groups in total. The zero-order valence-electron chi connectivity index (χ0n) is 8.82. The van der Waals surface area contributed by atoms with Crippen molar-refractivity contribution in [3.8, 4) is 0 Å². The van der Waals surface area contributed by atoms with Gasteiger partial charge in [-0.1, -0.05) is 25.9 Å². The number of aliphatic hydroxyl groups is 1. The number of hydrogen-bond donors (Lipinski definition) is 2. The van der Waals surface area contributed by atoms with E-state index in [0.717, 1.165) is 0 Å². The Kier molecular flexibility index (Phi) is 3.23. The van der Waals surface area contributed by atoms with E-state index in [1.165, 1.54) is 0 Å². The molecule has 0 spiro atoms. The molecule has 1 atom stereocenters. The molecule has 0 aliphatic carbocycles. The largest absolute Gasteiger partial charge is 0.396 e. The molecule has 1 heterocycles. The number of aromatic nitrogens is 2. The third kappa shape index (κ3) is 2.52. The maximum atomic E-state index is 8.67. The molecule has 80 valence electrons. The maximum Gasteiger partial charge on any atom is 0.244 e. The van der Waals surface area contributed by atoms with Crippen LogP contribution in [0.15, 0.2) is 4.52 Å². The number of rotatable bonds is 3. The van der Waals surface area contributed by atoms with Crippen molar-refractivity contribution in [1.29, 1.82) is 0 Å². The van der Waals surface area contributed by atoms with Crippen LogP contribution in [0.1, 0.15) is 38.5 Å². The monoisotopic (exact) mass is 199 g/mol. The van der Waals surface area contributed by atoms with Gasteiger partial charge in [-0.3, -0.25) is 0 Å². The Labute approximate surface area is 83.3 Å². The van der Waals surface area contributed by atoms with Crippen LogP contribution >= 0.6 is 0 Å². The first-order valence-electron chi connectivity index (χ1n) is 4.64. The highest BCUT2D eigenvalue weighted by atomic mass is 16.5. The van der Waals surface area contributed by atoms with E-state index >= 15 is 0 Å². The summed E-state index contributed by atoms with van der Waals surface area (Å²) in [7, 11) is 0. The second-order valence-electron chi connectivity index (χ2n) is 4.37. The Morgan fingerprint density at radius 3 is 2.64 bits per heavy atom. The summed E-state index contributed by atoms with van der Waals surface area (Å²) in [5.41, 5.74) is 5.81. The second kappa shape index (κ2) is 4.06. The SMILES string of the molecule is CC(C)(C)[C@@H](N)c1nc(CCO)no1. The fourth-order valence-corrected chi connectivity index (χ4v) is 0.966. The van der Waals surface area contributed by atoms with Gasteiger partial charge in [-0.2, -0.15) is 4.98 Å². The van der Waals surface area contributed by atoms with Crippen molar-refractivity contribution in [2.75, 3.05) is 6.61 Å². The molecule has 0 unspecified atom stereocenters. The second-order valence-corrected chi connectivity index (χ2v) is 4.37. The Morgan fingerprint density at radius 2 is 2.14 bits per heavy atom. The molecule has 1 rings (SSSR count). The average Bonchev–Trinajstić information content (AvgIpc) is 2.50. The van der Waals surface area contributed by atoms with Gasteiger partial charge in [0.15, 0.2) is 5.82 Å². The van der Waals surface area contributed by atoms with Crippen molar-refractivity contribution in [2.45, 2.75) is 33.2 Å². The molecule has 0 aliphatic rings. The molecular formula is C9H17N3O2. The van der Waals surface area contributed by atoms with Crippen molar-refractivity contribution >= 4 is 0 Å². The van der Waals surface area contributed by atoms with E-state index in [-0.39, 0.29) is 18.1 Å². The van der Waals surface area contributed by atoms with Gasteiger partial charge in [-0.05, 0) is 5.41 Å². The molecule has 1 aromatic heterocycles. The number of nitrogens with zero attached hydrogens (tertiary/aromatic N) is 2. The quantitative estimate of drug-likeness (QED) is 0.746. The van der Waals surface area contributed by atoms with Gasteiger partial charge in [0, 0.05) is 6.42 Å². The molecule has 0 fully saturated rings. The van der Waals surface area contributed by atoms with Gasteiger partial charge in [0.25, 0.3) is 0 Å². The lowest BCUT2D eigenvalue weighted by Crippen LogP contribution is -2.26. The summed E-state index contributed by atoms with van der Waals surface area (Å²) in [6, 6.07) is -0.276. The van der Waals surface area contributed by atoms with E-state index in [1.807, 2.05) is 20.8 Å². The first kappa shape index (κ1) is 11.1. The Balaban J connectivity index is 2.76. The molecule has 5 heteroatoms. The topological polar surface area (TPSA) is 85.2 Å². The van der Waals surface area contributed by atoms with Crippen LogP contribution in [0.4, 0.5) is 0 Å². The van der Waals surface area contributed by atoms with Crippen molar-refractivity contribution in [2.24, 2.45) is 11.1 Å². The van der Waals surface area contributed by atoms with Crippen LogP contribution in [0, 0.1) is 5.41 Å². The third-order valence-electron chi connectivity index (χ3n) is 2.02. The highest BCUT2D eigenvalue weighted by molar-refractivity contribution is 4.96. The summed E-state index contributed by atoms with van der Waals surface area (Å²) in [6.07, 6.45) is 0.403. The van der Waals surface area contributed by atoms with Crippen molar-refractivity contribution in [3.05, 3.63) is 11.7 Å². The molecule has 0 saturated heterocycles. The molecule has 0 amide bonds. The zero-order chi connectivity index (χ0) is 10.8. The Hall–Kier alpha value is -0.940. The van der Waals surface area contributed by atoms with Gasteiger partial charge < -0.3 is 15.4 Å². The molecular weight excluding hydrogens is 182 g/mol. The maximum absolute atomic E-state index is 8.67. The predicted molar refractivity (Wildman–Crippen MR) is 51.5 cm³/mol. The zero-order valence-corrected chi connectivity index (χ0v) is 8.82. The average molecular weight is 199 g/mol. The molecule has 0 aromatic carbocycles. The van der Waals surface area contributed by atoms with E-state index in [4.69, 9.17) is 15.4 Å². The molecule has 5 nitrogen and oxygen atoms in total. The molecule has 1 aromatic rings. The minimum atomic E-state index is -0.276. The van der Waals surface area contributed by atoms with Gasteiger partial charge >= 0.3 is 0 Å². The molecule has 0 radical (unpaired) electrons. The van der Waals surface area contributed by atoms with Crippen LogP contribution in [0.25, 0.3) is 0 Å². The lowest BCUT2D eigenvalue weighted by molar-refractivity contribution is 0.251. The van der Waals surface area contributed by atoms with E-state index in [1.54, 1.807) is 0 Å². The van der Waals surface area contributed by atoms with Crippen molar-refractivity contribution in [3.63, 3.8) is 0 Å². The summed E-state index contributed by atoms with van der Waals surface area (Å²) in [4.78, 5) is 4.10. The number of aliphatic hydroxyl groups excluding tert-OH is 1. The number of nitrogens with two attached hydrogens (primary N) is 1. The highest BCUT2D eigenvalue weighted by Crippen LogP contribution is 2.29. The first-order chi connectivity index (χ1) is 6.45. The van der Waals surface area contributed by atoms with Crippen LogP contribution in [0.3, 0.4) is 0 Å². The predicted octanol–water partition coefficient (Wildman–Crippen LogP) is 0.650. The van der Waals surface area contributed by atoms with Crippen LogP contribution in [-0.4, -0.2) is 21.9 Å². The van der Waals surface area contributed by atoms with Gasteiger partial charge in [0.2, 0.25) is 5.89 Å². The smallest absolute Gasteiger partial charge is 0.244 e. The standard InChI is InChI=1S/C9H17N3O2/c1-9(2,3)7(10)8-11-6(4-5-13)12-14-8/h7,13H,4-5,10H2,1-3H3/t7-/m0/s1. The van der Waals surface area contributed by atoms with Crippen LogP contribution in [-0.2, 0) is 6.42 Å². The normalized spacial score (nSPS) is 14.4. The number of hydrogen-bond acceptors (Lipinski definition) is 5. The molecule has 0 saturated carbocycles. The molecule has 14 heavy (non-hydrogen) atoms. The Morgan fingerprint density at radius 1 is 1.50 bits per heavy atom. The highest BCUT2D eigenvalue weighted by Gasteiger charge is 2.27. The first-order valence-corrected chi connectivity index (χ1v) is 4.64. The van der Waals surface area contributed by atoms with Crippen LogP contribution in [0.2, 0.25) is 0 Å². The molecule has 0 aliphatic heterocycles. The van der Waals surface area contributed by atoms with Gasteiger partial charge in [-0.25, -0.2) is 0 Å². The van der Waals surface area contributed by atoms with Crippen LogP contribution < -0.4 is 5.73 Å². The van der Waals surface area contributed by atoms with E-state index in [2.05, 4.69) is 10.1 Å². The lowest BCUT2D eigenvalue weighted by atomic mass is 9.87. The van der Waals surface area contributed by atoms with Gasteiger partial charge in [-0.15, -0.1) is 0 Å². The summed E-state index contributed by atoms with van der Waals surface area (Å²) in [5, 5.41) is 12.4. The van der Waals surface area contributed by atoms with Gasteiger partial charge in [0.05, 0.1) is 12.6 Å². The Bertz CT molecular complexity index is 290.